The molecule has 1 heterocycles. The summed E-state index contributed by atoms with van der Waals surface area (Å²) < 4.78 is 10.9. The zero-order chi connectivity index (χ0) is 15.3. The van der Waals surface area contributed by atoms with Gasteiger partial charge in [0.2, 0.25) is 5.91 Å². The minimum absolute atomic E-state index is 0. The number of hydrogen-bond acceptors (Lipinski definition) is 4. The Labute approximate surface area is 138 Å². The molecule has 0 spiro atoms. The Morgan fingerprint density at radius 3 is 2.68 bits per heavy atom. The van der Waals surface area contributed by atoms with Crippen molar-refractivity contribution in [3.63, 3.8) is 0 Å². The lowest BCUT2D eigenvalue weighted by molar-refractivity contribution is -0.130. The zero-order valence-corrected chi connectivity index (χ0v) is 13.9. The number of halogens is 1. The number of carbonyl (C=O) groups excluding carboxylic acids is 1. The molecule has 5 nitrogen and oxygen atoms in total. The Kier molecular flexibility index (Phi) is 7.13. The number of benzene rings is 1. The highest BCUT2D eigenvalue weighted by molar-refractivity contribution is 5.86. The summed E-state index contributed by atoms with van der Waals surface area (Å²) in [6.45, 7) is 5.55. The van der Waals surface area contributed by atoms with Crippen molar-refractivity contribution in [3.05, 3.63) is 29.8 Å². The summed E-state index contributed by atoms with van der Waals surface area (Å²) in [5, 5.41) is 3.01. The van der Waals surface area contributed by atoms with E-state index in [1.165, 1.54) is 0 Å². The highest BCUT2D eigenvalue weighted by atomic mass is 35.5. The van der Waals surface area contributed by atoms with Crippen molar-refractivity contribution in [3.8, 4) is 5.75 Å². The van der Waals surface area contributed by atoms with Gasteiger partial charge in [-0.3, -0.25) is 4.79 Å². The van der Waals surface area contributed by atoms with Gasteiger partial charge in [-0.05, 0) is 32.8 Å². The van der Waals surface area contributed by atoms with E-state index >= 15 is 0 Å². The van der Waals surface area contributed by atoms with Crippen molar-refractivity contribution in [2.45, 2.75) is 38.3 Å². The molecule has 0 radical (unpaired) electrons. The van der Waals surface area contributed by atoms with Crippen molar-refractivity contribution >= 4 is 18.3 Å². The molecule has 1 aromatic carbocycles. The molecule has 1 amide bonds. The van der Waals surface area contributed by atoms with Gasteiger partial charge in [0.1, 0.15) is 5.75 Å². The lowest BCUT2D eigenvalue weighted by Crippen LogP contribution is -2.57. The lowest BCUT2D eigenvalue weighted by atomic mass is 9.90. The van der Waals surface area contributed by atoms with Gasteiger partial charge in [-0.2, -0.15) is 0 Å². The van der Waals surface area contributed by atoms with Crippen LogP contribution in [0, 0.1) is 0 Å². The molecule has 0 aliphatic carbocycles. The highest BCUT2D eigenvalue weighted by Gasteiger charge is 2.36. The van der Waals surface area contributed by atoms with Crippen LogP contribution >= 0.6 is 12.4 Å². The van der Waals surface area contributed by atoms with Gasteiger partial charge >= 0.3 is 0 Å². The molecule has 6 heteroatoms. The summed E-state index contributed by atoms with van der Waals surface area (Å²) in [5.41, 5.74) is 6.34. The third-order valence-electron chi connectivity index (χ3n) is 3.87. The predicted octanol–water partition coefficient (Wildman–Crippen LogP) is 2.19. The van der Waals surface area contributed by atoms with Gasteiger partial charge in [0.15, 0.2) is 0 Å². The molecule has 0 aromatic heterocycles. The molecule has 22 heavy (non-hydrogen) atoms. The van der Waals surface area contributed by atoms with Crippen LogP contribution in [0.3, 0.4) is 0 Å². The second-order valence-corrected chi connectivity index (χ2v) is 5.43. The van der Waals surface area contributed by atoms with Crippen LogP contribution < -0.4 is 15.8 Å². The average Bonchev–Trinajstić information content (AvgIpc) is 2.48. The maximum absolute atomic E-state index is 12.4. The molecule has 1 atom stereocenters. The number of carbonyl (C=O) groups is 1. The lowest BCUT2D eigenvalue weighted by Gasteiger charge is -2.33. The molecule has 0 saturated carbocycles. The predicted molar refractivity (Wildman–Crippen MR) is 88.4 cm³/mol. The van der Waals surface area contributed by atoms with Crippen molar-refractivity contribution in [2.24, 2.45) is 5.73 Å². The number of rotatable bonds is 5. The second kappa shape index (κ2) is 8.36. The summed E-state index contributed by atoms with van der Waals surface area (Å²) in [4.78, 5) is 12.4. The van der Waals surface area contributed by atoms with E-state index in [2.05, 4.69) is 5.32 Å². The first-order chi connectivity index (χ1) is 10.1. The molecular formula is C16H25ClN2O3. The minimum Gasteiger partial charge on any atom is -0.494 e. The van der Waals surface area contributed by atoms with Gasteiger partial charge in [0.25, 0.3) is 0 Å². The number of nitrogens with two attached hydrogens (primary N) is 1. The first-order valence-corrected chi connectivity index (χ1v) is 7.46. The van der Waals surface area contributed by atoms with Crippen molar-refractivity contribution in [1.82, 2.24) is 5.32 Å². The first kappa shape index (κ1) is 18.7. The molecule has 0 bridgehead atoms. The first-order valence-electron chi connectivity index (χ1n) is 7.46. The Morgan fingerprint density at radius 1 is 1.41 bits per heavy atom. The molecule has 1 saturated heterocycles. The van der Waals surface area contributed by atoms with Gasteiger partial charge in [0.05, 0.1) is 18.2 Å². The van der Waals surface area contributed by atoms with E-state index in [4.69, 9.17) is 15.2 Å². The third-order valence-corrected chi connectivity index (χ3v) is 3.87. The van der Waals surface area contributed by atoms with Crippen LogP contribution in [0.4, 0.5) is 0 Å². The molecule has 1 unspecified atom stereocenters. The molecule has 124 valence electrons. The topological polar surface area (TPSA) is 73.6 Å². The van der Waals surface area contributed by atoms with E-state index in [0.717, 1.165) is 11.3 Å². The van der Waals surface area contributed by atoms with Gasteiger partial charge in [0, 0.05) is 18.8 Å². The molecule has 1 aliphatic heterocycles. The number of para-hydroxylation sites is 1. The summed E-state index contributed by atoms with van der Waals surface area (Å²) >= 11 is 0. The largest absolute Gasteiger partial charge is 0.494 e. The Balaban J connectivity index is 0.00000242. The maximum atomic E-state index is 12.4. The van der Waals surface area contributed by atoms with Crippen LogP contribution in [0.5, 0.6) is 5.75 Å². The zero-order valence-electron chi connectivity index (χ0n) is 13.1. The monoisotopic (exact) mass is 328 g/mol. The van der Waals surface area contributed by atoms with Crippen LogP contribution in [0.25, 0.3) is 0 Å². The SMILES string of the molecule is CCOc1ccccc1C(C)NC(=O)C1(N)CCOCC1.Cl. The molecule has 1 aromatic rings. The van der Waals surface area contributed by atoms with Gasteiger partial charge in [-0.1, -0.05) is 18.2 Å². The van der Waals surface area contributed by atoms with Crippen LogP contribution in [0.15, 0.2) is 24.3 Å². The third kappa shape index (κ3) is 4.35. The Bertz CT molecular complexity index is 490. The standard InChI is InChI=1S/C16H24N2O3.ClH/c1-3-21-14-7-5-4-6-13(14)12(2)18-15(19)16(17)8-10-20-11-9-16;/h4-7,12H,3,8-11,17H2,1-2H3,(H,18,19);1H. The molecule has 1 fully saturated rings. The summed E-state index contributed by atoms with van der Waals surface area (Å²) in [6.07, 6.45) is 1.11. The van der Waals surface area contributed by atoms with E-state index in [0.29, 0.717) is 32.7 Å². The summed E-state index contributed by atoms with van der Waals surface area (Å²) in [7, 11) is 0. The van der Waals surface area contributed by atoms with Crippen molar-refractivity contribution in [1.29, 1.82) is 0 Å². The smallest absolute Gasteiger partial charge is 0.240 e. The molecule has 2 rings (SSSR count). The van der Waals surface area contributed by atoms with Gasteiger partial charge < -0.3 is 20.5 Å². The van der Waals surface area contributed by atoms with E-state index < -0.39 is 5.54 Å². The van der Waals surface area contributed by atoms with Gasteiger partial charge in [-0.15, -0.1) is 12.4 Å². The normalized spacial score (nSPS) is 18.0. The highest BCUT2D eigenvalue weighted by Crippen LogP contribution is 2.26. The maximum Gasteiger partial charge on any atom is 0.240 e. The van der Waals surface area contributed by atoms with E-state index in [1.807, 2.05) is 38.1 Å². The van der Waals surface area contributed by atoms with Crippen molar-refractivity contribution < 1.29 is 14.3 Å². The van der Waals surface area contributed by atoms with Crippen molar-refractivity contribution in [2.75, 3.05) is 19.8 Å². The summed E-state index contributed by atoms with van der Waals surface area (Å²) in [5.74, 6) is 0.676. The fourth-order valence-electron chi connectivity index (χ4n) is 2.51. The Morgan fingerprint density at radius 2 is 2.05 bits per heavy atom. The molecule has 1 aliphatic rings. The number of ether oxygens (including phenoxy) is 2. The fraction of sp³-hybridized carbons (Fsp3) is 0.562. The average molecular weight is 329 g/mol. The van der Waals surface area contributed by atoms with Crippen LogP contribution in [0.1, 0.15) is 38.3 Å². The quantitative estimate of drug-likeness (QED) is 0.869. The molecular weight excluding hydrogens is 304 g/mol. The minimum atomic E-state index is -0.826. The van der Waals surface area contributed by atoms with Crippen LogP contribution in [-0.2, 0) is 9.53 Å². The fourth-order valence-corrected chi connectivity index (χ4v) is 2.51. The number of amides is 1. The Hall–Kier alpha value is -1.30. The van der Waals surface area contributed by atoms with E-state index in [9.17, 15) is 4.79 Å². The molecule has 3 N–H and O–H groups in total. The second-order valence-electron chi connectivity index (χ2n) is 5.43. The van der Waals surface area contributed by atoms with Gasteiger partial charge in [-0.25, -0.2) is 0 Å². The summed E-state index contributed by atoms with van der Waals surface area (Å²) in [6, 6.07) is 7.58. The van der Waals surface area contributed by atoms with E-state index in [1.54, 1.807) is 0 Å². The van der Waals surface area contributed by atoms with E-state index in [-0.39, 0.29) is 24.4 Å². The van der Waals surface area contributed by atoms with Crippen LogP contribution in [-0.4, -0.2) is 31.3 Å². The number of nitrogens with one attached hydrogen (secondary N) is 1. The van der Waals surface area contributed by atoms with Crippen LogP contribution in [0.2, 0.25) is 0 Å². The number of hydrogen-bond donors (Lipinski definition) is 2.